The molecule has 4 aromatic carbocycles. The molecule has 0 atom stereocenters. The number of benzene rings is 4. The smallest absolute Gasteiger partial charge is 0.264 e. The Morgan fingerprint density at radius 2 is 1.69 bits per heavy atom. The van der Waals surface area contributed by atoms with Gasteiger partial charge < -0.3 is 9.47 Å². The summed E-state index contributed by atoms with van der Waals surface area (Å²) in [5, 5.41) is 4.60. The quantitative estimate of drug-likeness (QED) is 0.154. The Balaban J connectivity index is 1.47. The van der Waals surface area contributed by atoms with E-state index in [0.29, 0.717) is 35.3 Å². The summed E-state index contributed by atoms with van der Waals surface area (Å²) < 4.78 is 53.9. The second-order valence-electron chi connectivity index (χ2n) is 9.12. The maximum absolute atomic E-state index is 14.7. The standard InChI is InChI=1S/C31H29ClFN3O5S/c1-3-40-30-18-24(12-17-29(30)41-21-23-10-13-25(32)14-11-23)19-34-35-31(37)20-36(28-7-5-4-6-27(28)33)42(38,39)26-15-8-22(2)9-16-26/h4-19H,3,20-21H2,1-2H3,(H,35,37)/b34-19+. The molecule has 0 spiro atoms. The molecule has 11 heteroatoms. The summed E-state index contributed by atoms with van der Waals surface area (Å²) in [6.45, 7) is 3.67. The molecule has 0 radical (unpaired) electrons. The highest BCUT2D eigenvalue weighted by molar-refractivity contribution is 7.92. The van der Waals surface area contributed by atoms with Crippen LogP contribution in [0.15, 0.2) is 101 Å². The summed E-state index contributed by atoms with van der Waals surface area (Å²) in [5.74, 6) is -0.545. The van der Waals surface area contributed by atoms with E-state index < -0.39 is 28.3 Å². The lowest BCUT2D eigenvalue weighted by Crippen LogP contribution is -2.40. The molecule has 0 aliphatic rings. The predicted molar refractivity (Wildman–Crippen MR) is 161 cm³/mol. The molecule has 0 heterocycles. The molecule has 1 amide bonds. The third-order valence-electron chi connectivity index (χ3n) is 6.00. The van der Waals surface area contributed by atoms with Crippen molar-refractivity contribution in [1.82, 2.24) is 5.43 Å². The number of hydrazone groups is 1. The lowest BCUT2D eigenvalue weighted by Gasteiger charge is -2.24. The summed E-state index contributed by atoms with van der Waals surface area (Å²) in [4.78, 5) is 12.7. The third-order valence-corrected chi connectivity index (χ3v) is 8.02. The lowest BCUT2D eigenvalue weighted by molar-refractivity contribution is -0.119. The maximum atomic E-state index is 14.7. The predicted octanol–water partition coefficient (Wildman–Crippen LogP) is 6.11. The fourth-order valence-corrected chi connectivity index (χ4v) is 5.42. The zero-order chi connectivity index (χ0) is 30.1. The average Bonchev–Trinajstić information content (AvgIpc) is 2.97. The number of carbonyl (C=O) groups is 1. The van der Waals surface area contributed by atoms with Crippen molar-refractivity contribution in [1.29, 1.82) is 0 Å². The van der Waals surface area contributed by atoms with Gasteiger partial charge in [-0.25, -0.2) is 18.2 Å². The Labute approximate surface area is 249 Å². The molecule has 0 bridgehead atoms. The van der Waals surface area contributed by atoms with Crippen LogP contribution in [0.3, 0.4) is 0 Å². The molecule has 42 heavy (non-hydrogen) atoms. The van der Waals surface area contributed by atoms with Crippen molar-refractivity contribution in [3.05, 3.63) is 119 Å². The van der Waals surface area contributed by atoms with Gasteiger partial charge in [0.1, 0.15) is 19.0 Å². The zero-order valence-electron chi connectivity index (χ0n) is 23.0. The molecule has 4 rings (SSSR count). The van der Waals surface area contributed by atoms with Crippen molar-refractivity contribution in [3.8, 4) is 11.5 Å². The van der Waals surface area contributed by atoms with E-state index in [0.717, 1.165) is 21.5 Å². The molecule has 4 aromatic rings. The molecule has 0 aliphatic carbocycles. The Morgan fingerprint density at radius 3 is 2.38 bits per heavy atom. The van der Waals surface area contributed by atoms with Gasteiger partial charge in [0.05, 0.1) is 23.4 Å². The van der Waals surface area contributed by atoms with Gasteiger partial charge >= 0.3 is 0 Å². The summed E-state index contributed by atoms with van der Waals surface area (Å²) >= 11 is 5.94. The van der Waals surface area contributed by atoms with E-state index in [4.69, 9.17) is 21.1 Å². The number of anilines is 1. The SMILES string of the molecule is CCOc1cc(/C=N/NC(=O)CN(c2ccccc2F)S(=O)(=O)c2ccc(C)cc2)ccc1OCc1ccc(Cl)cc1. The Kier molecular flexibility index (Phi) is 10.2. The van der Waals surface area contributed by atoms with Crippen LogP contribution in [0.5, 0.6) is 11.5 Å². The van der Waals surface area contributed by atoms with Gasteiger partial charge in [0.25, 0.3) is 15.9 Å². The highest BCUT2D eigenvalue weighted by Gasteiger charge is 2.29. The van der Waals surface area contributed by atoms with Crippen molar-refractivity contribution in [3.63, 3.8) is 0 Å². The first kappa shape index (κ1) is 30.5. The summed E-state index contributed by atoms with van der Waals surface area (Å²) in [7, 11) is -4.27. The molecule has 1 N–H and O–H groups in total. The summed E-state index contributed by atoms with van der Waals surface area (Å²) in [6, 6.07) is 23.9. The van der Waals surface area contributed by atoms with Crippen LogP contribution < -0.4 is 19.2 Å². The van der Waals surface area contributed by atoms with Gasteiger partial charge in [-0.05, 0) is 79.6 Å². The number of nitrogens with one attached hydrogen (secondary N) is 1. The number of hydrogen-bond acceptors (Lipinski definition) is 6. The van der Waals surface area contributed by atoms with Crippen molar-refractivity contribution in [2.24, 2.45) is 5.10 Å². The number of carbonyl (C=O) groups excluding carboxylic acids is 1. The van der Waals surface area contributed by atoms with Gasteiger partial charge in [0.2, 0.25) is 0 Å². The number of halogens is 2. The monoisotopic (exact) mass is 609 g/mol. The van der Waals surface area contributed by atoms with Crippen LogP contribution in [0.1, 0.15) is 23.6 Å². The van der Waals surface area contributed by atoms with Crippen LogP contribution in [0.2, 0.25) is 5.02 Å². The lowest BCUT2D eigenvalue weighted by atomic mass is 10.2. The van der Waals surface area contributed by atoms with Gasteiger partial charge in [-0.2, -0.15) is 5.10 Å². The van der Waals surface area contributed by atoms with Crippen molar-refractivity contribution < 1.29 is 27.1 Å². The molecule has 0 aromatic heterocycles. The summed E-state index contributed by atoms with van der Waals surface area (Å²) in [6.07, 6.45) is 1.38. The van der Waals surface area contributed by atoms with Crippen LogP contribution in [-0.4, -0.2) is 33.7 Å². The van der Waals surface area contributed by atoms with Gasteiger partial charge in [0, 0.05) is 5.02 Å². The second kappa shape index (κ2) is 14.0. The topological polar surface area (TPSA) is 97.3 Å². The minimum atomic E-state index is -4.27. The normalized spacial score (nSPS) is 11.3. The largest absolute Gasteiger partial charge is 0.490 e. The van der Waals surface area contributed by atoms with E-state index in [1.807, 2.05) is 26.0 Å². The van der Waals surface area contributed by atoms with Crippen LogP contribution in [-0.2, 0) is 21.4 Å². The molecule has 0 fully saturated rings. The van der Waals surface area contributed by atoms with Crippen molar-refractivity contribution in [2.45, 2.75) is 25.3 Å². The minimum absolute atomic E-state index is 0.0746. The van der Waals surface area contributed by atoms with Crippen LogP contribution in [0.25, 0.3) is 0 Å². The van der Waals surface area contributed by atoms with Crippen molar-refractivity contribution >= 4 is 39.4 Å². The average molecular weight is 610 g/mol. The van der Waals surface area contributed by atoms with E-state index in [2.05, 4.69) is 10.5 Å². The van der Waals surface area contributed by atoms with Crippen LogP contribution in [0.4, 0.5) is 10.1 Å². The first-order valence-electron chi connectivity index (χ1n) is 13.0. The van der Waals surface area contributed by atoms with E-state index in [9.17, 15) is 17.6 Å². The van der Waals surface area contributed by atoms with Gasteiger partial charge in [-0.3, -0.25) is 9.10 Å². The van der Waals surface area contributed by atoms with Crippen LogP contribution in [0, 0.1) is 12.7 Å². The highest BCUT2D eigenvalue weighted by atomic mass is 35.5. The van der Waals surface area contributed by atoms with Gasteiger partial charge in [-0.1, -0.05) is 53.6 Å². The number of amides is 1. The van der Waals surface area contributed by atoms with Crippen molar-refractivity contribution in [2.75, 3.05) is 17.5 Å². The van der Waals surface area contributed by atoms with E-state index in [1.165, 1.54) is 36.5 Å². The first-order valence-corrected chi connectivity index (χ1v) is 14.8. The first-order chi connectivity index (χ1) is 20.2. The fourth-order valence-electron chi connectivity index (χ4n) is 3.87. The number of sulfonamides is 1. The zero-order valence-corrected chi connectivity index (χ0v) is 24.5. The number of hydrogen-bond donors (Lipinski definition) is 1. The molecule has 8 nitrogen and oxygen atoms in total. The number of ether oxygens (including phenoxy) is 2. The number of aryl methyl sites for hydroxylation is 1. The highest BCUT2D eigenvalue weighted by Crippen LogP contribution is 2.29. The Hall–Kier alpha value is -4.41. The minimum Gasteiger partial charge on any atom is -0.490 e. The molecule has 0 saturated carbocycles. The Bertz CT molecular complexity index is 1660. The van der Waals surface area contributed by atoms with E-state index in [1.54, 1.807) is 42.5 Å². The molecular formula is C31H29ClFN3O5S. The molecule has 218 valence electrons. The van der Waals surface area contributed by atoms with E-state index in [-0.39, 0.29) is 10.6 Å². The summed E-state index contributed by atoms with van der Waals surface area (Å²) in [5.41, 5.74) is 4.44. The molecule has 0 unspecified atom stereocenters. The maximum Gasteiger partial charge on any atom is 0.264 e. The number of para-hydroxylation sites is 1. The Morgan fingerprint density at radius 1 is 0.976 bits per heavy atom. The number of nitrogens with zero attached hydrogens (tertiary/aromatic N) is 2. The molecule has 0 aliphatic heterocycles. The third kappa shape index (κ3) is 7.86. The molecule has 0 saturated heterocycles. The van der Waals surface area contributed by atoms with Gasteiger partial charge in [0.15, 0.2) is 11.5 Å². The molecular weight excluding hydrogens is 581 g/mol. The van der Waals surface area contributed by atoms with E-state index >= 15 is 0 Å². The fraction of sp³-hybridized carbons (Fsp3) is 0.161. The second-order valence-corrected chi connectivity index (χ2v) is 11.4. The van der Waals surface area contributed by atoms with Crippen LogP contribution >= 0.6 is 11.6 Å². The van der Waals surface area contributed by atoms with Gasteiger partial charge in [-0.15, -0.1) is 0 Å². The number of rotatable bonds is 12.